The highest BCUT2D eigenvalue weighted by atomic mass is 32.2. The molecule has 0 radical (unpaired) electrons. The second-order valence-electron chi connectivity index (χ2n) is 9.02. The van der Waals surface area contributed by atoms with Crippen LogP contribution in [0.25, 0.3) is 16.5 Å². The lowest BCUT2D eigenvalue weighted by molar-refractivity contribution is -0.113. The van der Waals surface area contributed by atoms with Crippen molar-refractivity contribution in [2.24, 2.45) is 0 Å². The average molecular weight is 511 g/mol. The minimum absolute atomic E-state index is 0.00404. The van der Waals surface area contributed by atoms with Crippen LogP contribution in [0.3, 0.4) is 0 Å². The number of carbonyl (C=O) groups is 2. The monoisotopic (exact) mass is 510 g/mol. The summed E-state index contributed by atoms with van der Waals surface area (Å²) in [5.74, 6) is 1.85. The van der Waals surface area contributed by atoms with Crippen LogP contribution in [0.5, 0.6) is 5.75 Å². The molecule has 0 saturated heterocycles. The smallest absolute Gasteiger partial charge is 0.279 e. The minimum atomic E-state index is -2.99. The van der Waals surface area contributed by atoms with Crippen LogP contribution in [0.1, 0.15) is 40.0 Å². The van der Waals surface area contributed by atoms with Gasteiger partial charge in [-0.2, -0.15) is 0 Å². The fourth-order valence-corrected chi connectivity index (χ4v) is 5.25. The summed E-state index contributed by atoms with van der Waals surface area (Å²) in [6.07, 6.45) is 8.07. The van der Waals surface area contributed by atoms with Crippen LogP contribution in [-0.2, 0) is 27.5 Å². The van der Waals surface area contributed by atoms with E-state index in [9.17, 15) is 22.6 Å². The van der Waals surface area contributed by atoms with Crippen LogP contribution >= 0.6 is 0 Å². The molecule has 6 nitrogen and oxygen atoms in total. The Morgan fingerprint density at radius 1 is 1.25 bits per heavy atom. The van der Waals surface area contributed by atoms with Crippen molar-refractivity contribution in [3.05, 3.63) is 82.6 Å². The highest BCUT2D eigenvalue weighted by Crippen LogP contribution is 2.43. The Kier molecular flexibility index (Phi) is 6.04. The van der Waals surface area contributed by atoms with Crippen molar-refractivity contribution in [2.45, 2.75) is 25.8 Å². The average Bonchev–Trinajstić information content (AvgIpc) is 3.15. The summed E-state index contributed by atoms with van der Waals surface area (Å²) in [6, 6.07) is 6.77. The van der Waals surface area contributed by atoms with Crippen LogP contribution < -0.4 is 9.46 Å². The van der Waals surface area contributed by atoms with Crippen LogP contribution in [0.2, 0.25) is 0 Å². The number of amides is 1. The Morgan fingerprint density at radius 2 is 2.06 bits per heavy atom. The molecule has 5 rings (SSSR count). The van der Waals surface area contributed by atoms with Crippen LogP contribution in [-0.4, -0.2) is 39.2 Å². The van der Waals surface area contributed by atoms with Crippen LogP contribution in [0.4, 0.5) is 8.78 Å². The maximum atomic E-state index is 14.7. The molecule has 2 aromatic carbocycles. The van der Waals surface area contributed by atoms with Gasteiger partial charge in [0, 0.05) is 39.1 Å². The molecule has 1 N–H and O–H groups in total. The number of hydrogen-bond acceptors (Lipinski definition) is 4. The van der Waals surface area contributed by atoms with E-state index in [0.29, 0.717) is 34.4 Å². The molecule has 2 heterocycles. The van der Waals surface area contributed by atoms with Crippen molar-refractivity contribution < 1.29 is 27.3 Å². The van der Waals surface area contributed by atoms with Gasteiger partial charge in [0.1, 0.15) is 23.1 Å². The van der Waals surface area contributed by atoms with E-state index in [-0.39, 0.29) is 30.0 Å². The fourth-order valence-electron chi connectivity index (χ4n) is 4.76. The summed E-state index contributed by atoms with van der Waals surface area (Å²) in [4.78, 5) is 26.7. The molecule has 9 heteroatoms. The Bertz CT molecular complexity index is 1600. The molecule has 0 fully saturated rings. The van der Waals surface area contributed by atoms with E-state index in [4.69, 9.17) is 4.74 Å². The highest BCUT2D eigenvalue weighted by molar-refractivity contribution is 7.98. The van der Waals surface area contributed by atoms with Crippen LogP contribution in [0.15, 0.2) is 48.6 Å². The van der Waals surface area contributed by atoms with Gasteiger partial charge in [0.2, 0.25) is 0 Å². The number of benzene rings is 2. The summed E-state index contributed by atoms with van der Waals surface area (Å²) < 4.78 is 51.2. The second-order valence-corrected chi connectivity index (χ2v) is 11.2. The van der Waals surface area contributed by atoms with Gasteiger partial charge in [-0.25, -0.2) is 13.0 Å². The third kappa shape index (κ3) is 4.35. The number of aryl methyl sites for hydroxylation is 1. The van der Waals surface area contributed by atoms with Gasteiger partial charge in [-0.05, 0) is 48.5 Å². The molecule has 186 valence electrons. The van der Waals surface area contributed by atoms with Crippen molar-refractivity contribution in [2.75, 3.05) is 12.9 Å². The van der Waals surface area contributed by atoms with Gasteiger partial charge in [0.25, 0.3) is 5.91 Å². The largest absolute Gasteiger partial charge is 0.493 e. The fraction of sp³-hybridized carbons (Fsp3) is 0.222. The molecule has 0 bridgehead atoms. The molecule has 3 aromatic rings. The van der Waals surface area contributed by atoms with Crippen molar-refractivity contribution in [3.63, 3.8) is 0 Å². The highest BCUT2D eigenvalue weighted by Gasteiger charge is 2.32. The lowest BCUT2D eigenvalue weighted by Crippen LogP contribution is -2.32. The first-order valence-corrected chi connectivity index (χ1v) is 13.6. The number of nitrogens with one attached hydrogen (secondary N) is 1. The molecule has 1 aliphatic heterocycles. The van der Waals surface area contributed by atoms with E-state index in [0.717, 1.165) is 36.6 Å². The van der Waals surface area contributed by atoms with Crippen molar-refractivity contribution in [3.8, 4) is 5.75 Å². The topological polar surface area (TPSA) is 77.4 Å². The first-order valence-electron chi connectivity index (χ1n) is 11.4. The predicted octanol–water partition coefficient (Wildman–Crippen LogP) is 4.20. The molecule has 0 spiro atoms. The number of ether oxygens (including phenoxy) is 1. The molecule has 1 aliphatic carbocycles. The Morgan fingerprint density at radius 3 is 2.81 bits per heavy atom. The van der Waals surface area contributed by atoms with Gasteiger partial charge in [0.15, 0.2) is 5.78 Å². The molecule has 1 unspecified atom stereocenters. The number of ketones is 1. The van der Waals surface area contributed by atoms with Gasteiger partial charge in [-0.1, -0.05) is 24.3 Å². The number of carbonyl (C=O) groups excluding carboxylic acids is 2. The molecule has 2 aliphatic rings. The van der Waals surface area contributed by atoms with Gasteiger partial charge < -0.3 is 9.30 Å². The van der Waals surface area contributed by atoms with Crippen molar-refractivity contribution in [1.82, 2.24) is 9.29 Å². The SMILES string of the molecule is C=S(C)(=O)NC(=O)c1c(C2=CC=CCC2=O)c2c3c(ccc2n1Cc1cc(F)ccc1F)CCCO3. The quantitative estimate of drug-likeness (QED) is 0.522. The van der Waals surface area contributed by atoms with Gasteiger partial charge in [0.05, 0.1) is 24.1 Å². The lowest BCUT2D eigenvalue weighted by atomic mass is 9.91. The minimum Gasteiger partial charge on any atom is -0.493 e. The van der Waals surface area contributed by atoms with Crippen molar-refractivity contribution in [1.29, 1.82) is 0 Å². The molecule has 1 atom stereocenters. The molecule has 1 aromatic heterocycles. The van der Waals surface area contributed by atoms with Crippen molar-refractivity contribution >= 4 is 43.7 Å². The maximum Gasteiger partial charge on any atom is 0.279 e. The number of hydrogen-bond donors (Lipinski definition) is 1. The van der Waals surface area contributed by atoms with Crippen LogP contribution in [0, 0.1) is 11.6 Å². The number of nitrogens with zero attached hydrogens (tertiary/aromatic N) is 1. The summed E-state index contributed by atoms with van der Waals surface area (Å²) in [6.45, 7) is 0.256. The van der Waals surface area contributed by atoms with E-state index >= 15 is 0 Å². The van der Waals surface area contributed by atoms with E-state index in [1.807, 2.05) is 6.07 Å². The predicted molar refractivity (Wildman–Crippen MR) is 137 cm³/mol. The number of aromatic nitrogens is 1. The third-order valence-corrected chi connectivity index (χ3v) is 6.85. The van der Waals surface area contributed by atoms with E-state index in [2.05, 4.69) is 10.6 Å². The second kappa shape index (κ2) is 9.05. The molecule has 1 amide bonds. The first kappa shape index (κ1) is 24.0. The zero-order valence-electron chi connectivity index (χ0n) is 19.6. The summed E-state index contributed by atoms with van der Waals surface area (Å²) in [7, 11) is -2.99. The molecule has 0 saturated carbocycles. The number of fused-ring (bicyclic) bond motifs is 3. The number of allylic oxidation sites excluding steroid dienone is 4. The molecular formula is C27H24F2N2O4S. The number of rotatable bonds is 5. The summed E-state index contributed by atoms with van der Waals surface area (Å²) in [5, 5.41) is 0.538. The third-order valence-electron chi connectivity index (χ3n) is 6.23. The first-order chi connectivity index (χ1) is 17.1. The Labute approximate surface area is 207 Å². The summed E-state index contributed by atoms with van der Waals surface area (Å²) in [5.41, 5.74) is 2.06. The Hall–Kier alpha value is -3.72. The normalized spacial score (nSPS) is 16.8. The zero-order chi connectivity index (χ0) is 25.6. The molecule has 36 heavy (non-hydrogen) atoms. The number of halogens is 2. The molecular weight excluding hydrogens is 486 g/mol. The van der Waals surface area contributed by atoms with E-state index in [1.54, 1.807) is 24.3 Å². The standard InChI is InChI=1S/C27H24F2N2O4S/c1-36(2,34)30-27(33)25-23(19-7-3-4-8-22(19)32)24-21(12-9-16-6-5-13-35-26(16)24)31(25)15-17-14-18(28)10-11-20(17)29/h3-4,7,9-12,14H,1,5-6,8,13,15H2,2H3,(H,30,33,34). The Balaban J connectivity index is 1.88. The van der Waals surface area contributed by atoms with E-state index < -0.39 is 27.2 Å². The number of Topliss-reactive ketones (excluding diaryl/α,β-unsaturated/α-hetero) is 1. The van der Waals surface area contributed by atoms with Gasteiger partial charge >= 0.3 is 0 Å². The summed E-state index contributed by atoms with van der Waals surface area (Å²) >= 11 is 0. The van der Waals surface area contributed by atoms with E-state index in [1.165, 1.54) is 10.8 Å². The van der Waals surface area contributed by atoms with Gasteiger partial charge in [-0.3, -0.25) is 14.3 Å². The maximum absolute atomic E-state index is 14.7. The van der Waals surface area contributed by atoms with Gasteiger partial charge in [-0.15, -0.1) is 0 Å². The zero-order valence-corrected chi connectivity index (χ0v) is 20.4. The lowest BCUT2D eigenvalue weighted by Gasteiger charge is -2.19.